The van der Waals surface area contributed by atoms with E-state index in [9.17, 15) is 9.59 Å². The van der Waals surface area contributed by atoms with Crippen molar-refractivity contribution < 1.29 is 0 Å². The molecule has 6 nitrogen and oxygen atoms in total. The highest BCUT2D eigenvalue weighted by Crippen LogP contribution is 2.05. The smallest absolute Gasteiger partial charge is 0.267 e. The zero-order valence-electron chi connectivity index (χ0n) is 10.1. The quantitative estimate of drug-likeness (QED) is 0.833. The second-order valence-electron chi connectivity index (χ2n) is 4.22. The Balaban J connectivity index is 2.75. The van der Waals surface area contributed by atoms with Crippen LogP contribution in [0.15, 0.2) is 22.0 Å². The van der Waals surface area contributed by atoms with Crippen LogP contribution in [0, 0.1) is 5.92 Å². The van der Waals surface area contributed by atoms with Gasteiger partial charge in [-0.05, 0) is 5.92 Å². The van der Waals surface area contributed by atoms with Crippen molar-refractivity contribution in [1.82, 2.24) is 18.6 Å². The normalized spacial score (nSPS) is 12.8. The van der Waals surface area contributed by atoms with E-state index in [1.165, 1.54) is 12.4 Å². The number of hydrogen-bond donors (Lipinski definition) is 0. The Kier molecular flexibility index (Phi) is 3.47. The van der Waals surface area contributed by atoms with E-state index in [-0.39, 0.29) is 17.1 Å². The molecule has 2 rings (SSSR count). The molecule has 0 fully saturated rings. The first kappa shape index (κ1) is 12.8. The third kappa shape index (κ3) is 2.03. The van der Waals surface area contributed by atoms with Crippen LogP contribution in [-0.2, 0) is 6.54 Å². The molecule has 18 heavy (non-hydrogen) atoms. The predicted octanol–water partition coefficient (Wildman–Crippen LogP) is 1.00. The molecule has 96 valence electrons. The topological polar surface area (TPSA) is 69.8 Å². The minimum absolute atomic E-state index is 0.0922. The number of aromatic nitrogens is 4. The maximum Gasteiger partial charge on any atom is 0.347 e. The van der Waals surface area contributed by atoms with Crippen LogP contribution >= 0.6 is 11.8 Å². The van der Waals surface area contributed by atoms with Crippen LogP contribution in [0.3, 0.4) is 0 Å². The first-order chi connectivity index (χ1) is 8.56. The summed E-state index contributed by atoms with van der Waals surface area (Å²) in [5.74, 6) is 0.209. The van der Waals surface area contributed by atoms with Crippen molar-refractivity contribution in [3.05, 3.63) is 33.2 Å². The predicted molar refractivity (Wildman–Crippen MR) is 68.8 cm³/mol. The fourth-order valence-corrected chi connectivity index (χ4v) is 1.85. The average Bonchev–Trinajstić information content (AvgIpc) is 2.40. The van der Waals surface area contributed by atoms with Crippen molar-refractivity contribution in [3.63, 3.8) is 0 Å². The molecule has 0 amide bonds. The van der Waals surface area contributed by atoms with Gasteiger partial charge in [-0.15, -0.1) is 0 Å². The zero-order valence-corrected chi connectivity index (χ0v) is 10.9. The maximum atomic E-state index is 12.1. The fourth-order valence-electron chi connectivity index (χ4n) is 1.64. The molecule has 2 aromatic heterocycles. The van der Waals surface area contributed by atoms with Crippen LogP contribution in [-0.4, -0.2) is 18.6 Å². The van der Waals surface area contributed by atoms with E-state index in [1.54, 1.807) is 0 Å². The molecule has 1 unspecified atom stereocenters. The molecule has 2 heterocycles. The monoisotopic (exact) mass is 268 g/mol. The molecular weight excluding hydrogens is 256 g/mol. The molecule has 0 aromatic carbocycles. The van der Waals surface area contributed by atoms with Gasteiger partial charge in [0.1, 0.15) is 0 Å². The van der Waals surface area contributed by atoms with Gasteiger partial charge in [0.25, 0.3) is 5.56 Å². The molecule has 1 atom stereocenters. The summed E-state index contributed by atoms with van der Waals surface area (Å²) in [7, 11) is 0. The van der Waals surface area contributed by atoms with Gasteiger partial charge in [0.2, 0.25) is 0 Å². The molecule has 0 saturated heterocycles. The first-order valence-corrected chi connectivity index (χ1v) is 6.02. The van der Waals surface area contributed by atoms with Gasteiger partial charge in [0, 0.05) is 30.7 Å². The Bertz CT molecular complexity index is 691. The van der Waals surface area contributed by atoms with E-state index in [0.717, 1.165) is 15.1 Å². The molecule has 0 spiro atoms. The average molecular weight is 269 g/mol. The summed E-state index contributed by atoms with van der Waals surface area (Å²) in [6.07, 6.45) is 3.66. The minimum atomic E-state index is -0.574. The summed E-state index contributed by atoms with van der Waals surface area (Å²) in [6, 6.07) is 0. The van der Waals surface area contributed by atoms with Gasteiger partial charge in [0.05, 0.1) is 0 Å². The van der Waals surface area contributed by atoms with E-state index in [4.69, 9.17) is 11.8 Å². The summed E-state index contributed by atoms with van der Waals surface area (Å²) in [4.78, 5) is 32.0. The van der Waals surface area contributed by atoms with Gasteiger partial charge in [-0.2, -0.15) is 4.09 Å². The summed E-state index contributed by atoms with van der Waals surface area (Å²) in [5, 5.41) is 0. The van der Waals surface area contributed by atoms with Crippen molar-refractivity contribution in [3.8, 4) is 0 Å². The van der Waals surface area contributed by atoms with Gasteiger partial charge < -0.3 is 0 Å². The van der Waals surface area contributed by atoms with Crippen molar-refractivity contribution in [2.75, 3.05) is 0 Å². The molecule has 0 bridgehead atoms. The van der Waals surface area contributed by atoms with Gasteiger partial charge in [-0.3, -0.25) is 9.36 Å². The molecule has 0 saturated carbocycles. The lowest BCUT2D eigenvalue weighted by molar-refractivity contribution is 0.446. The number of fused-ring (bicyclic) bond motifs is 1. The first-order valence-electron chi connectivity index (χ1n) is 5.69. The molecule has 0 aliphatic heterocycles. The highest BCUT2D eigenvalue weighted by Gasteiger charge is 2.15. The Morgan fingerprint density at radius 2 is 2.00 bits per heavy atom. The second-order valence-corrected chi connectivity index (χ2v) is 4.56. The number of hydrogen-bond acceptors (Lipinski definition) is 4. The SMILES string of the molecule is CCC(C)Cn1c(=O)c2nccnc2n(Cl)c1=O. The van der Waals surface area contributed by atoms with Crippen molar-refractivity contribution in [2.24, 2.45) is 5.92 Å². The third-order valence-corrected chi connectivity index (χ3v) is 3.21. The van der Waals surface area contributed by atoms with Gasteiger partial charge in [-0.1, -0.05) is 20.3 Å². The highest BCUT2D eigenvalue weighted by molar-refractivity contribution is 6.17. The van der Waals surface area contributed by atoms with Crippen LogP contribution < -0.4 is 11.2 Å². The van der Waals surface area contributed by atoms with Gasteiger partial charge in [0.15, 0.2) is 11.2 Å². The maximum absolute atomic E-state index is 12.1. The highest BCUT2D eigenvalue weighted by atomic mass is 35.5. The number of halogens is 1. The molecule has 0 aliphatic carbocycles. The van der Waals surface area contributed by atoms with E-state index in [2.05, 4.69) is 9.97 Å². The summed E-state index contributed by atoms with van der Waals surface area (Å²) in [5.41, 5.74) is -0.819. The molecule has 2 aromatic rings. The fraction of sp³-hybridized carbons (Fsp3) is 0.455. The van der Waals surface area contributed by atoms with Crippen LogP contribution in [0.1, 0.15) is 20.3 Å². The minimum Gasteiger partial charge on any atom is -0.267 e. The van der Waals surface area contributed by atoms with Crippen molar-refractivity contribution >= 4 is 22.9 Å². The van der Waals surface area contributed by atoms with Crippen molar-refractivity contribution in [1.29, 1.82) is 0 Å². The Morgan fingerprint density at radius 3 is 2.67 bits per heavy atom. The lowest BCUT2D eigenvalue weighted by Crippen LogP contribution is -2.39. The van der Waals surface area contributed by atoms with E-state index in [1.807, 2.05) is 13.8 Å². The van der Waals surface area contributed by atoms with E-state index in [0.29, 0.717) is 6.54 Å². The lowest BCUT2D eigenvalue weighted by atomic mass is 10.1. The summed E-state index contributed by atoms with van der Waals surface area (Å²) >= 11 is 5.87. The Hall–Kier alpha value is -1.69. The second kappa shape index (κ2) is 4.89. The van der Waals surface area contributed by atoms with Crippen LogP contribution in [0.2, 0.25) is 0 Å². The number of rotatable bonds is 3. The third-order valence-electron chi connectivity index (χ3n) is 2.90. The summed E-state index contributed by atoms with van der Waals surface area (Å²) < 4.78 is 1.95. The molecule has 7 heteroatoms. The van der Waals surface area contributed by atoms with Gasteiger partial charge in [-0.25, -0.2) is 14.8 Å². The molecular formula is C11H13ClN4O2. The lowest BCUT2D eigenvalue weighted by Gasteiger charge is -2.11. The standard InChI is InChI=1S/C11H13ClN4O2/c1-3-7(2)6-15-10(17)8-9(14-5-4-13-8)16(12)11(15)18/h4-5,7H,3,6H2,1-2H3. The van der Waals surface area contributed by atoms with E-state index >= 15 is 0 Å². The van der Waals surface area contributed by atoms with Gasteiger partial charge >= 0.3 is 5.69 Å². The molecule has 0 radical (unpaired) electrons. The molecule has 0 aliphatic rings. The van der Waals surface area contributed by atoms with Crippen LogP contribution in [0.4, 0.5) is 0 Å². The number of nitrogens with zero attached hydrogens (tertiary/aromatic N) is 4. The van der Waals surface area contributed by atoms with Crippen molar-refractivity contribution in [2.45, 2.75) is 26.8 Å². The zero-order chi connectivity index (χ0) is 13.3. The van der Waals surface area contributed by atoms with E-state index < -0.39 is 11.2 Å². The molecule has 0 N–H and O–H groups in total. The van der Waals surface area contributed by atoms with Crippen LogP contribution in [0.5, 0.6) is 0 Å². The largest absolute Gasteiger partial charge is 0.347 e. The van der Waals surface area contributed by atoms with Crippen LogP contribution in [0.25, 0.3) is 11.2 Å². The Labute approximate surface area is 108 Å². The summed E-state index contributed by atoms with van der Waals surface area (Å²) in [6.45, 7) is 4.29. The Morgan fingerprint density at radius 1 is 1.33 bits per heavy atom.